The number of nitrogens with one attached hydrogen (secondary N) is 1. The molecule has 2 rings (SSSR count). The lowest BCUT2D eigenvalue weighted by Crippen LogP contribution is -2.22. The Bertz CT molecular complexity index is 839. The Morgan fingerprint density at radius 3 is 2.83 bits per heavy atom. The second-order valence-corrected chi connectivity index (χ2v) is 5.41. The summed E-state index contributed by atoms with van der Waals surface area (Å²) in [7, 11) is 1.57. The van der Waals surface area contributed by atoms with Crippen LogP contribution in [-0.4, -0.2) is 34.3 Å². The molecule has 8 heteroatoms. The Kier molecular flexibility index (Phi) is 5.28. The van der Waals surface area contributed by atoms with Crippen LogP contribution in [-0.2, 0) is 0 Å². The van der Waals surface area contributed by atoms with Crippen molar-refractivity contribution in [1.29, 1.82) is 0 Å². The molecule has 1 N–H and O–H groups in total. The third-order valence-corrected chi connectivity index (χ3v) is 3.17. The van der Waals surface area contributed by atoms with E-state index in [2.05, 4.69) is 15.3 Å². The summed E-state index contributed by atoms with van der Waals surface area (Å²) in [6.45, 7) is 5.42. The van der Waals surface area contributed by atoms with Crippen LogP contribution in [0.5, 0.6) is 11.5 Å². The smallest absolute Gasteiger partial charge is 0.296 e. The zero-order valence-corrected chi connectivity index (χ0v) is 14.2. The number of benzene rings is 1. The van der Waals surface area contributed by atoms with Crippen LogP contribution in [0.15, 0.2) is 28.1 Å². The molecule has 2 aromatic rings. The molecule has 0 aliphatic heterocycles. The molecule has 7 nitrogen and oxygen atoms in total. The van der Waals surface area contributed by atoms with E-state index in [1.54, 1.807) is 20.1 Å². The van der Waals surface area contributed by atoms with Crippen molar-refractivity contribution in [1.82, 2.24) is 14.9 Å². The highest BCUT2D eigenvalue weighted by molar-refractivity contribution is 7.71. The molecule has 0 unspecified atom stereocenters. The lowest BCUT2D eigenvalue weighted by molar-refractivity contribution is 0.230. The number of aromatic nitrogens is 3. The summed E-state index contributed by atoms with van der Waals surface area (Å²) in [5.41, 5.74) is 0.577. The molecule has 0 spiro atoms. The highest BCUT2D eigenvalue weighted by atomic mass is 32.1. The van der Waals surface area contributed by atoms with E-state index in [0.29, 0.717) is 17.1 Å². The van der Waals surface area contributed by atoms with Gasteiger partial charge in [-0.2, -0.15) is 14.9 Å². The second kappa shape index (κ2) is 7.19. The van der Waals surface area contributed by atoms with Gasteiger partial charge in [0.25, 0.3) is 5.56 Å². The number of methoxy groups -OCH3 is 1. The summed E-state index contributed by atoms with van der Waals surface area (Å²) in [4.78, 5) is 12.0. The second-order valence-electron chi connectivity index (χ2n) is 5.02. The standard InChI is InChI=1S/C15H18N4O3S/c1-9(2)22-13-11(6-5-7-12(13)21-4)8-16-19-14(20)10(3)17-18-15(19)23/h5-9H,1-4H3,(H,18,23)/b16-8-. The molecule has 0 saturated heterocycles. The highest BCUT2D eigenvalue weighted by Gasteiger charge is 2.11. The fraction of sp³-hybridized carbons (Fsp3) is 0.333. The molecule has 0 saturated carbocycles. The van der Waals surface area contributed by atoms with Gasteiger partial charge in [0.05, 0.1) is 19.4 Å². The minimum absolute atomic E-state index is 0.0350. The van der Waals surface area contributed by atoms with Crippen LogP contribution in [0, 0.1) is 11.7 Å². The lowest BCUT2D eigenvalue weighted by Gasteiger charge is -2.15. The number of aryl methyl sites for hydroxylation is 1. The van der Waals surface area contributed by atoms with Crippen LogP contribution in [0.4, 0.5) is 0 Å². The molecular weight excluding hydrogens is 316 g/mol. The van der Waals surface area contributed by atoms with Gasteiger partial charge in [-0.25, -0.2) is 0 Å². The number of rotatable bonds is 5. The molecule has 0 radical (unpaired) electrons. The zero-order valence-electron chi connectivity index (χ0n) is 13.4. The summed E-state index contributed by atoms with van der Waals surface area (Å²) in [6, 6.07) is 5.42. The Morgan fingerprint density at radius 1 is 1.43 bits per heavy atom. The average Bonchev–Trinajstić information content (AvgIpc) is 2.51. The van der Waals surface area contributed by atoms with Crippen molar-refractivity contribution in [3.8, 4) is 11.5 Å². The molecule has 1 aromatic carbocycles. The molecule has 0 bridgehead atoms. The Balaban J connectivity index is 2.50. The van der Waals surface area contributed by atoms with Crippen LogP contribution >= 0.6 is 12.2 Å². The van der Waals surface area contributed by atoms with Crippen molar-refractivity contribution in [3.63, 3.8) is 0 Å². The minimum atomic E-state index is -0.376. The number of aromatic amines is 1. The predicted molar refractivity (Wildman–Crippen MR) is 90.2 cm³/mol. The van der Waals surface area contributed by atoms with Gasteiger partial charge in [-0.1, -0.05) is 6.07 Å². The monoisotopic (exact) mass is 334 g/mol. The van der Waals surface area contributed by atoms with Gasteiger partial charge in [-0.15, -0.1) is 0 Å². The predicted octanol–water partition coefficient (Wildman–Crippen LogP) is 2.29. The molecular formula is C15H18N4O3S. The fourth-order valence-electron chi connectivity index (χ4n) is 1.85. The van der Waals surface area contributed by atoms with E-state index in [1.807, 2.05) is 26.0 Å². The van der Waals surface area contributed by atoms with Crippen molar-refractivity contribution in [2.45, 2.75) is 26.9 Å². The molecule has 122 valence electrons. The normalized spacial score (nSPS) is 11.2. The van der Waals surface area contributed by atoms with Crippen LogP contribution in [0.2, 0.25) is 0 Å². The van der Waals surface area contributed by atoms with Gasteiger partial charge in [-0.3, -0.25) is 9.89 Å². The first kappa shape index (κ1) is 16.9. The summed E-state index contributed by atoms with van der Waals surface area (Å²) in [5.74, 6) is 1.15. The van der Waals surface area contributed by atoms with E-state index >= 15 is 0 Å². The summed E-state index contributed by atoms with van der Waals surface area (Å²) in [6.07, 6.45) is 1.47. The first-order valence-electron chi connectivity index (χ1n) is 7.00. The maximum Gasteiger partial charge on any atom is 0.296 e. The topological polar surface area (TPSA) is 81.5 Å². The molecule has 23 heavy (non-hydrogen) atoms. The third-order valence-electron chi connectivity index (χ3n) is 2.91. The van der Waals surface area contributed by atoms with Gasteiger partial charge < -0.3 is 9.47 Å². The van der Waals surface area contributed by atoms with E-state index in [9.17, 15) is 4.79 Å². The number of para-hydroxylation sites is 1. The van der Waals surface area contributed by atoms with Gasteiger partial charge in [-0.05, 0) is 45.1 Å². The Morgan fingerprint density at radius 2 is 2.17 bits per heavy atom. The van der Waals surface area contributed by atoms with E-state index in [1.165, 1.54) is 6.21 Å². The molecule has 0 amide bonds. The van der Waals surface area contributed by atoms with E-state index in [0.717, 1.165) is 4.68 Å². The molecule has 0 fully saturated rings. The largest absolute Gasteiger partial charge is 0.493 e. The Labute approximate surface area is 138 Å². The van der Waals surface area contributed by atoms with Crippen molar-refractivity contribution >= 4 is 18.4 Å². The minimum Gasteiger partial charge on any atom is -0.493 e. The summed E-state index contributed by atoms with van der Waals surface area (Å²) >= 11 is 5.04. The molecule has 0 aliphatic carbocycles. The average molecular weight is 334 g/mol. The first-order valence-corrected chi connectivity index (χ1v) is 7.41. The van der Waals surface area contributed by atoms with Crippen molar-refractivity contribution < 1.29 is 9.47 Å². The summed E-state index contributed by atoms with van der Waals surface area (Å²) < 4.78 is 12.3. The third kappa shape index (κ3) is 3.84. The number of hydrogen-bond acceptors (Lipinski definition) is 6. The van der Waals surface area contributed by atoms with Gasteiger partial charge in [0.15, 0.2) is 11.5 Å². The number of H-pyrrole nitrogens is 1. The van der Waals surface area contributed by atoms with Gasteiger partial charge in [0.2, 0.25) is 4.77 Å². The van der Waals surface area contributed by atoms with Gasteiger partial charge in [0.1, 0.15) is 5.69 Å². The number of hydrogen-bond donors (Lipinski definition) is 1. The number of nitrogens with zero attached hydrogens (tertiary/aromatic N) is 3. The molecule has 0 aliphatic rings. The van der Waals surface area contributed by atoms with Crippen LogP contribution in [0.25, 0.3) is 0 Å². The maximum atomic E-state index is 12.0. The number of ether oxygens (including phenoxy) is 2. The van der Waals surface area contributed by atoms with Crippen molar-refractivity contribution in [2.75, 3.05) is 7.11 Å². The first-order chi connectivity index (χ1) is 10.9. The maximum absolute atomic E-state index is 12.0. The van der Waals surface area contributed by atoms with E-state index in [-0.39, 0.29) is 22.1 Å². The van der Waals surface area contributed by atoms with Crippen molar-refractivity contribution in [3.05, 3.63) is 44.6 Å². The highest BCUT2D eigenvalue weighted by Crippen LogP contribution is 2.30. The SMILES string of the molecule is COc1cccc(/C=N\n2c(=S)[nH]nc(C)c2=O)c1OC(C)C. The van der Waals surface area contributed by atoms with Crippen LogP contribution in [0.1, 0.15) is 25.1 Å². The van der Waals surface area contributed by atoms with Crippen LogP contribution < -0.4 is 15.0 Å². The summed E-state index contributed by atoms with van der Waals surface area (Å²) in [5, 5.41) is 10.5. The quantitative estimate of drug-likeness (QED) is 0.670. The molecule has 1 heterocycles. The zero-order chi connectivity index (χ0) is 17.0. The van der Waals surface area contributed by atoms with E-state index in [4.69, 9.17) is 21.7 Å². The van der Waals surface area contributed by atoms with Gasteiger partial charge >= 0.3 is 0 Å². The van der Waals surface area contributed by atoms with Gasteiger partial charge in [0, 0.05) is 5.56 Å². The van der Waals surface area contributed by atoms with Crippen molar-refractivity contribution in [2.24, 2.45) is 5.10 Å². The lowest BCUT2D eigenvalue weighted by atomic mass is 10.2. The van der Waals surface area contributed by atoms with Crippen LogP contribution in [0.3, 0.4) is 0 Å². The molecule has 1 aromatic heterocycles. The Hall–Kier alpha value is -2.48. The van der Waals surface area contributed by atoms with E-state index < -0.39 is 0 Å². The fourth-order valence-corrected chi connectivity index (χ4v) is 2.03. The molecule has 0 atom stereocenters.